The molecule has 0 aliphatic rings. The van der Waals surface area contributed by atoms with Crippen molar-refractivity contribution < 1.29 is 8.98 Å². The Morgan fingerprint density at radius 1 is 0.398 bits per heavy atom. The molecule has 0 bridgehead atoms. The molecule has 8 heteroatoms. The third kappa shape index (κ3) is 9.16. The first-order chi connectivity index (χ1) is 48.1. The summed E-state index contributed by atoms with van der Waals surface area (Å²) in [7, 11) is 0. The van der Waals surface area contributed by atoms with Crippen LogP contribution in [-0.4, -0.2) is 28.1 Å². The highest BCUT2D eigenvalue weighted by molar-refractivity contribution is 6.16. The number of furan rings is 1. The lowest BCUT2D eigenvalue weighted by Crippen LogP contribution is -2.31. The zero-order chi connectivity index (χ0) is 65.3. The summed E-state index contributed by atoms with van der Waals surface area (Å²) in [6.07, 6.45) is 6.09. The van der Waals surface area contributed by atoms with Gasteiger partial charge < -0.3 is 8.98 Å². The quantitative estimate of drug-likeness (QED) is 0.101. The minimum Gasteiger partial charge on any atom is -0.454 e. The number of pyridine rings is 1. The van der Waals surface area contributed by atoms with Crippen molar-refractivity contribution in [2.45, 2.75) is 33.1 Å². The molecule has 6 heterocycles. The second-order valence-corrected chi connectivity index (χ2v) is 26.9. The second-order valence-electron chi connectivity index (χ2n) is 26.9. The van der Waals surface area contributed by atoms with Gasteiger partial charge in [0.05, 0.1) is 61.2 Å². The van der Waals surface area contributed by atoms with Gasteiger partial charge in [0.2, 0.25) is 5.78 Å². The molecule has 464 valence electrons. The van der Waals surface area contributed by atoms with Crippen molar-refractivity contribution in [3.05, 3.63) is 327 Å². The monoisotopic (exact) mass is 1260 g/mol. The Bertz CT molecular complexity index is 6140. The van der Waals surface area contributed by atoms with Crippen LogP contribution < -0.4 is 4.57 Å². The van der Waals surface area contributed by atoms with Gasteiger partial charge in [0, 0.05) is 27.7 Å². The number of benzene rings is 13. The highest BCUT2D eigenvalue weighted by Gasteiger charge is 2.28. The smallest absolute Gasteiger partial charge is 0.269 e. The van der Waals surface area contributed by atoms with Gasteiger partial charge in [-0.2, -0.15) is 0 Å². The van der Waals surface area contributed by atoms with E-state index in [2.05, 4.69) is 360 Å². The van der Waals surface area contributed by atoms with Gasteiger partial charge in [-0.05, 0) is 181 Å². The zero-order valence-corrected chi connectivity index (χ0v) is 54.5. The van der Waals surface area contributed by atoms with E-state index in [0.29, 0.717) is 0 Å². The van der Waals surface area contributed by atoms with E-state index < -0.39 is 0 Å². The number of imidazole rings is 3. The van der Waals surface area contributed by atoms with Crippen LogP contribution in [0.4, 0.5) is 0 Å². The minimum atomic E-state index is -0.119. The van der Waals surface area contributed by atoms with Crippen LogP contribution in [0, 0.1) is 13.3 Å². The Morgan fingerprint density at radius 2 is 0.939 bits per heavy atom. The van der Waals surface area contributed by atoms with E-state index in [1.54, 1.807) is 0 Å². The van der Waals surface area contributed by atoms with Gasteiger partial charge in [0.1, 0.15) is 11.4 Å². The lowest BCUT2D eigenvalue weighted by Gasteiger charge is -2.20. The van der Waals surface area contributed by atoms with Gasteiger partial charge in [0.15, 0.2) is 5.58 Å². The maximum absolute atomic E-state index is 7.20. The average molecular weight is 1260 g/mol. The number of hydrogen-bond donors (Lipinski definition) is 0. The molecular weight excluding hydrogens is 1200 g/mol. The largest absolute Gasteiger partial charge is 0.454 e. The Morgan fingerprint density at radius 3 is 1.56 bits per heavy atom. The molecule has 6 aromatic heterocycles. The SMILES string of the molecule is Cc1cccc2c1nc1n(-c3cc(C(C)(C)C)ccn3)c3cc4c(cc3n21)c1ccccc1n4-c1cc(-n2[c-][n+](-c3c(-c4cc(-c5ccccc5)cc(-c5ccccc5)c4)cccc3-c3cc(-c4ccccc4)cc(-c4ccccc4)c3)c3ccccc32)cc2c1oc1ccccc12. The van der Waals surface area contributed by atoms with Crippen LogP contribution in [0.25, 0.3) is 172 Å². The number of rotatable bonds is 10. The van der Waals surface area contributed by atoms with Crippen molar-refractivity contribution in [1.82, 2.24) is 28.1 Å². The number of hydrogen-bond acceptors (Lipinski definition) is 3. The van der Waals surface area contributed by atoms with Gasteiger partial charge in [-0.1, -0.05) is 233 Å². The Kier molecular flexibility index (Phi) is 12.9. The van der Waals surface area contributed by atoms with Gasteiger partial charge in [-0.25, -0.2) is 9.97 Å². The molecule has 8 nitrogen and oxygen atoms in total. The molecule has 0 N–H and O–H groups in total. The summed E-state index contributed by atoms with van der Waals surface area (Å²) in [6.45, 7) is 8.90. The number of para-hydroxylation sites is 6. The molecule has 19 aromatic rings. The predicted octanol–water partition coefficient (Wildman–Crippen LogP) is 22.5. The van der Waals surface area contributed by atoms with E-state index in [4.69, 9.17) is 14.4 Å². The van der Waals surface area contributed by atoms with Crippen LogP contribution in [-0.2, 0) is 5.41 Å². The first kappa shape index (κ1) is 56.9. The number of nitrogens with zero attached hydrogens (tertiary/aromatic N) is 7. The molecule has 0 atom stereocenters. The highest BCUT2D eigenvalue weighted by atomic mass is 16.3. The first-order valence-corrected chi connectivity index (χ1v) is 33.5. The molecule has 0 saturated heterocycles. The maximum Gasteiger partial charge on any atom is 0.269 e. The number of fused-ring (bicyclic) bond motifs is 12. The third-order valence-corrected chi connectivity index (χ3v) is 19.8. The van der Waals surface area contributed by atoms with E-state index >= 15 is 0 Å². The second kappa shape index (κ2) is 22.2. The van der Waals surface area contributed by atoms with Gasteiger partial charge in [-0.3, -0.25) is 18.1 Å². The molecule has 0 aliphatic carbocycles. The van der Waals surface area contributed by atoms with Crippen molar-refractivity contribution in [1.29, 1.82) is 0 Å². The zero-order valence-electron chi connectivity index (χ0n) is 54.5. The standard InChI is InChI=1S/C90H63N7O/c1-57-25-23-41-79-86(57)92-89-96(79)81-54-74-72-34-17-19-38-76(72)95(80(74)55-82(81)97(89)85-51-68(43-44-91-85)90(2,3)4)83-53-69(52-75-73-35-18-22-42-84(73)98-88(75)83)93-56-94(78-40-21-20-39-77(78)93)87-70(66-47-62(58-26-9-5-10-27-58)45-63(48-66)59-28-11-6-12-29-59)36-24-37-71(87)67-49-64(60-30-13-7-14-31-60)46-65(50-67)61-32-15-8-16-33-61/h5-55H,1-4H3. The van der Waals surface area contributed by atoms with Gasteiger partial charge in [-0.15, -0.1) is 0 Å². The lowest BCUT2D eigenvalue weighted by molar-refractivity contribution is -0.571. The van der Waals surface area contributed by atoms with Crippen molar-refractivity contribution in [2.24, 2.45) is 0 Å². The maximum atomic E-state index is 7.20. The molecule has 19 rings (SSSR count). The average Bonchev–Trinajstić information content (AvgIpc) is 1.54. The molecule has 13 aromatic carbocycles. The van der Waals surface area contributed by atoms with Crippen molar-refractivity contribution in [3.8, 4) is 89.6 Å². The fourth-order valence-electron chi connectivity index (χ4n) is 15.1. The van der Waals surface area contributed by atoms with Crippen molar-refractivity contribution >= 4 is 82.6 Å². The van der Waals surface area contributed by atoms with Crippen molar-refractivity contribution in [2.75, 3.05) is 0 Å². The fourth-order valence-corrected chi connectivity index (χ4v) is 15.1. The normalized spacial score (nSPS) is 12.1. The summed E-state index contributed by atoms with van der Waals surface area (Å²) in [5.74, 6) is 1.62. The first-order valence-electron chi connectivity index (χ1n) is 33.5. The molecule has 0 unspecified atom stereocenters. The van der Waals surface area contributed by atoms with Gasteiger partial charge >= 0.3 is 0 Å². The molecule has 98 heavy (non-hydrogen) atoms. The third-order valence-electron chi connectivity index (χ3n) is 19.8. The Labute approximate surface area is 566 Å². The summed E-state index contributed by atoms with van der Waals surface area (Å²) in [5.41, 5.74) is 28.0. The van der Waals surface area contributed by atoms with E-state index in [-0.39, 0.29) is 5.41 Å². The molecule has 0 spiro atoms. The molecule has 0 saturated carbocycles. The van der Waals surface area contributed by atoms with E-state index in [9.17, 15) is 0 Å². The van der Waals surface area contributed by atoms with Crippen LogP contribution in [0.3, 0.4) is 0 Å². The Balaban J connectivity index is 0.896. The molecule has 0 amide bonds. The van der Waals surface area contributed by atoms with Crippen LogP contribution in [0.15, 0.2) is 314 Å². The topological polar surface area (TPSA) is 62.0 Å². The van der Waals surface area contributed by atoms with Crippen molar-refractivity contribution in [3.63, 3.8) is 0 Å². The Hall–Kier alpha value is -12.7. The van der Waals surface area contributed by atoms with Crippen LogP contribution >= 0.6 is 0 Å². The van der Waals surface area contributed by atoms with E-state index in [1.807, 2.05) is 6.20 Å². The van der Waals surface area contributed by atoms with E-state index in [0.717, 1.165) is 178 Å². The van der Waals surface area contributed by atoms with Crippen LogP contribution in [0.2, 0.25) is 0 Å². The predicted molar refractivity (Wildman–Crippen MR) is 402 cm³/mol. The lowest BCUT2D eigenvalue weighted by atomic mass is 9.88. The molecule has 0 aliphatic heterocycles. The summed E-state index contributed by atoms with van der Waals surface area (Å²) >= 11 is 0. The summed E-state index contributed by atoms with van der Waals surface area (Å²) < 4.78 is 18.8. The summed E-state index contributed by atoms with van der Waals surface area (Å²) in [6, 6.07) is 110. The van der Waals surface area contributed by atoms with Crippen LogP contribution in [0.1, 0.15) is 31.9 Å². The molecule has 0 radical (unpaired) electrons. The molecule has 0 fully saturated rings. The summed E-state index contributed by atoms with van der Waals surface area (Å²) in [5, 5.41) is 4.23. The fraction of sp³-hybridized carbons (Fsp3) is 0.0556. The summed E-state index contributed by atoms with van der Waals surface area (Å²) in [4.78, 5) is 10.6. The minimum absolute atomic E-state index is 0.119. The van der Waals surface area contributed by atoms with Crippen LogP contribution in [0.5, 0.6) is 0 Å². The van der Waals surface area contributed by atoms with Gasteiger partial charge in [0.25, 0.3) is 6.33 Å². The number of aryl methyl sites for hydroxylation is 1. The molecular formula is C90H63N7O. The number of aromatic nitrogens is 7. The highest BCUT2D eigenvalue weighted by Crippen LogP contribution is 2.45. The van der Waals surface area contributed by atoms with E-state index in [1.165, 1.54) is 5.56 Å².